The van der Waals surface area contributed by atoms with Crippen molar-refractivity contribution < 1.29 is 26.3 Å². The third-order valence-corrected chi connectivity index (χ3v) is 7.90. The highest BCUT2D eigenvalue weighted by molar-refractivity contribution is 6.02. The molecule has 0 spiro atoms. The highest BCUT2D eigenvalue weighted by atomic mass is 19.4. The summed E-state index contributed by atoms with van der Waals surface area (Å²) in [6.45, 7) is 4.42. The van der Waals surface area contributed by atoms with Gasteiger partial charge in [0.05, 0.1) is 23.4 Å². The molecule has 5 nitrogen and oxygen atoms in total. The Morgan fingerprint density at radius 2 is 1.51 bits per heavy atom. The lowest BCUT2D eigenvalue weighted by molar-refractivity contribution is -0.163. The first-order chi connectivity index (χ1) is 20.4. The lowest BCUT2D eigenvalue weighted by Gasteiger charge is -2.37. The summed E-state index contributed by atoms with van der Waals surface area (Å²) < 4.78 is 83.3. The molecule has 1 aromatic heterocycles. The van der Waals surface area contributed by atoms with Gasteiger partial charge in [-0.2, -0.15) is 26.3 Å². The molecule has 0 amide bonds. The monoisotopic (exact) mass is 599 g/mol. The Kier molecular flexibility index (Phi) is 8.52. The third kappa shape index (κ3) is 6.87. The maximum absolute atomic E-state index is 14.5. The number of halogens is 6. The summed E-state index contributed by atoms with van der Waals surface area (Å²) in [5.41, 5.74) is 7.82. The lowest BCUT2D eigenvalue weighted by atomic mass is 9.82. The molecule has 2 aliphatic rings. The number of allylic oxidation sites excluding steroid dienone is 2. The van der Waals surface area contributed by atoms with Gasteiger partial charge in [-0.05, 0) is 30.0 Å². The van der Waals surface area contributed by atoms with E-state index in [0.717, 1.165) is 23.4 Å². The molecule has 0 bridgehead atoms. The van der Waals surface area contributed by atoms with E-state index in [9.17, 15) is 26.3 Å². The van der Waals surface area contributed by atoms with Gasteiger partial charge in [0.2, 0.25) is 0 Å². The second-order valence-electron chi connectivity index (χ2n) is 10.8. The molecule has 5 rings (SSSR count). The Bertz CT molecular complexity index is 1450. The van der Waals surface area contributed by atoms with Gasteiger partial charge in [-0.1, -0.05) is 67.2 Å². The van der Waals surface area contributed by atoms with Crippen LogP contribution in [0, 0.1) is 11.8 Å². The van der Waals surface area contributed by atoms with E-state index < -0.39 is 35.8 Å². The number of anilines is 1. The maximum Gasteiger partial charge on any atom is 0.417 e. The van der Waals surface area contributed by atoms with Gasteiger partial charge in [0.1, 0.15) is 11.9 Å². The number of nitrogens with two attached hydrogens (primary N) is 1. The predicted molar refractivity (Wildman–Crippen MR) is 154 cm³/mol. The van der Waals surface area contributed by atoms with Gasteiger partial charge in [0.15, 0.2) is 0 Å². The maximum atomic E-state index is 14.5. The molecule has 1 unspecified atom stereocenters. The number of pyridine rings is 1. The van der Waals surface area contributed by atoms with E-state index in [-0.39, 0.29) is 29.2 Å². The number of rotatable bonds is 5. The molecule has 2 aliphatic heterocycles. The fourth-order valence-corrected chi connectivity index (χ4v) is 5.68. The van der Waals surface area contributed by atoms with E-state index in [1.54, 1.807) is 4.90 Å². The number of nitrogens with zero attached hydrogens (tertiary/aromatic N) is 3. The highest BCUT2D eigenvalue weighted by Crippen LogP contribution is 2.43. The first-order valence-electron chi connectivity index (χ1n) is 13.9. The molecule has 226 valence electrons. The van der Waals surface area contributed by atoms with E-state index in [1.165, 1.54) is 6.20 Å². The van der Waals surface area contributed by atoms with Gasteiger partial charge in [-0.25, -0.2) is 0 Å². The molecule has 3 aromatic rings. The van der Waals surface area contributed by atoms with Crippen LogP contribution in [-0.2, 0) is 6.18 Å². The number of hydrogen-bond acceptors (Lipinski definition) is 4. The minimum Gasteiger partial charge on any atom is -0.401 e. The van der Waals surface area contributed by atoms with Crippen LogP contribution in [0.3, 0.4) is 0 Å². The topological polar surface area (TPSA) is 66.5 Å². The lowest BCUT2D eigenvalue weighted by Crippen LogP contribution is -2.44. The number of aromatic nitrogens is 1. The van der Waals surface area contributed by atoms with Crippen molar-refractivity contribution in [2.24, 2.45) is 22.6 Å². The number of nitrogens with one attached hydrogen (secondary N) is 1. The molecule has 0 radical (unpaired) electrons. The van der Waals surface area contributed by atoms with E-state index >= 15 is 0 Å². The zero-order valence-corrected chi connectivity index (χ0v) is 23.2. The van der Waals surface area contributed by atoms with E-state index in [1.807, 2.05) is 60.7 Å². The largest absolute Gasteiger partial charge is 0.417 e. The van der Waals surface area contributed by atoms with Gasteiger partial charge < -0.3 is 16.0 Å². The van der Waals surface area contributed by atoms with Crippen LogP contribution in [0.1, 0.15) is 42.0 Å². The summed E-state index contributed by atoms with van der Waals surface area (Å²) in [5.74, 6) is -2.31. The van der Waals surface area contributed by atoms with Crippen molar-refractivity contribution >= 4 is 11.5 Å². The fourth-order valence-electron chi connectivity index (χ4n) is 5.68. The van der Waals surface area contributed by atoms with Crippen LogP contribution in [0.4, 0.5) is 32.0 Å². The number of amidine groups is 1. The molecule has 3 N–H and O–H groups in total. The number of alkyl halides is 6. The number of benzene rings is 2. The third-order valence-electron chi connectivity index (χ3n) is 7.90. The molecule has 43 heavy (non-hydrogen) atoms. The van der Waals surface area contributed by atoms with Crippen LogP contribution < -0.4 is 16.0 Å². The number of piperidine rings is 2. The smallest absolute Gasteiger partial charge is 0.401 e. The van der Waals surface area contributed by atoms with Gasteiger partial charge in [0.25, 0.3) is 0 Å². The van der Waals surface area contributed by atoms with E-state index in [2.05, 4.69) is 16.9 Å². The zero-order chi connectivity index (χ0) is 30.8. The van der Waals surface area contributed by atoms with Crippen molar-refractivity contribution in [1.82, 2.24) is 10.3 Å². The van der Waals surface area contributed by atoms with Crippen LogP contribution in [0.5, 0.6) is 0 Å². The summed E-state index contributed by atoms with van der Waals surface area (Å²) in [6, 6.07) is 19.0. The van der Waals surface area contributed by atoms with Crippen molar-refractivity contribution in [3.8, 4) is 0 Å². The highest BCUT2D eigenvalue weighted by Gasteiger charge is 2.48. The van der Waals surface area contributed by atoms with Crippen molar-refractivity contribution in [2.75, 3.05) is 18.0 Å². The van der Waals surface area contributed by atoms with Crippen molar-refractivity contribution in [3.63, 3.8) is 0 Å². The predicted octanol–water partition coefficient (Wildman–Crippen LogP) is 7.40. The quantitative estimate of drug-likeness (QED) is 0.300. The Labute approximate surface area is 245 Å². The SMILES string of the molecule is C=C1CC(C(F)(F)F)C(=C(N)C2CCN(c3cncc(C(F)(F)F)c3)CC2)C(=NC(c2ccccc2)c2ccccc2)N1. The number of hydrogen-bond donors (Lipinski definition) is 2. The van der Waals surface area contributed by atoms with Crippen LogP contribution in [0.25, 0.3) is 0 Å². The van der Waals surface area contributed by atoms with Crippen LogP contribution in [-0.4, -0.2) is 30.1 Å². The fraction of sp³-hybridized carbons (Fsp3) is 0.312. The molecular formula is C32H31F6N5. The van der Waals surface area contributed by atoms with Crippen LogP contribution in [0.15, 0.2) is 108 Å². The molecule has 2 saturated heterocycles. The van der Waals surface area contributed by atoms with Crippen LogP contribution >= 0.6 is 0 Å². The second kappa shape index (κ2) is 12.1. The molecule has 2 aromatic carbocycles. The van der Waals surface area contributed by atoms with Crippen molar-refractivity contribution in [1.29, 1.82) is 0 Å². The summed E-state index contributed by atoms with van der Waals surface area (Å²) in [7, 11) is 0. The normalized spacial score (nSPS) is 20.8. The zero-order valence-electron chi connectivity index (χ0n) is 23.2. The Morgan fingerprint density at radius 3 is 2.05 bits per heavy atom. The molecule has 11 heteroatoms. The first kappa shape index (κ1) is 30.2. The molecule has 1 atom stereocenters. The van der Waals surface area contributed by atoms with Gasteiger partial charge in [-0.3, -0.25) is 9.98 Å². The molecule has 0 saturated carbocycles. The molecule has 2 fully saturated rings. The van der Waals surface area contributed by atoms with Gasteiger partial charge >= 0.3 is 12.4 Å². The van der Waals surface area contributed by atoms with Crippen LogP contribution in [0.2, 0.25) is 0 Å². The van der Waals surface area contributed by atoms with E-state index in [4.69, 9.17) is 10.7 Å². The Hall–Kier alpha value is -4.28. The first-order valence-corrected chi connectivity index (χ1v) is 13.9. The standard InChI is InChI=1S/C32H31F6N5/c1-20-16-26(32(36,37)38)27(30(41-20)42-29(22-8-4-2-5-9-22)23-10-6-3-7-11-23)28(39)21-12-14-43(15-13-21)25-17-24(18-40-19-25)31(33,34)35/h2-11,17-19,21,26,29H,1,12-16,39H2,(H,41,42). The molecular weight excluding hydrogens is 568 g/mol. The summed E-state index contributed by atoms with van der Waals surface area (Å²) in [5, 5.41) is 3.01. The molecule has 0 aliphatic carbocycles. The average molecular weight is 600 g/mol. The Balaban J connectivity index is 1.51. The van der Waals surface area contributed by atoms with Gasteiger partial charge in [0, 0.05) is 48.6 Å². The van der Waals surface area contributed by atoms with Gasteiger partial charge in [-0.15, -0.1) is 0 Å². The number of aliphatic imine (C=N–C) groups is 1. The van der Waals surface area contributed by atoms with Crippen molar-refractivity contribution in [3.05, 3.63) is 119 Å². The minimum atomic E-state index is -4.61. The average Bonchev–Trinajstić information content (AvgIpc) is 2.99. The molecule has 3 heterocycles. The summed E-state index contributed by atoms with van der Waals surface area (Å²) >= 11 is 0. The minimum absolute atomic E-state index is 0.0262. The van der Waals surface area contributed by atoms with E-state index in [0.29, 0.717) is 31.6 Å². The second-order valence-corrected chi connectivity index (χ2v) is 10.8. The van der Waals surface area contributed by atoms with Crippen molar-refractivity contribution in [2.45, 2.75) is 37.7 Å². The summed E-state index contributed by atoms with van der Waals surface area (Å²) in [4.78, 5) is 10.3. The summed E-state index contributed by atoms with van der Waals surface area (Å²) in [6.07, 6.45) is -6.70. The Morgan fingerprint density at radius 1 is 0.930 bits per heavy atom.